The van der Waals surface area contributed by atoms with Gasteiger partial charge in [-0.05, 0) is 37.2 Å². The molecule has 0 unspecified atom stereocenters. The molecule has 1 aromatic carbocycles. The monoisotopic (exact) mass is 279 g/mol. The highest BCUT2D eigenvalue weighted by Crippen LogP contribution is 2.21. The summed E-state index contributed by atoms with van der Waals surface area (Å²) in [5.41, 5.74) is 6.21. The van der Waals surface area contributed by atoms with Crippen LogP contribution in [0.2, 0.25) is 0 Å². The molecular weight excluding hydrogens is 262 g/mol. The molecule has 1 heterocycles. The van der Waals surface area contributed by atoms with Gasteiger partial charge in [-0.25, -0.2) is 0 Å². The summed E-state index contributed by atoms with van der Waals surface area (Å²) in [6, 6.07) is 7.17. The number of carbonyl (C=O) groups is 1. The van der Waals surface area contributed by atoms with Gasteiger partial charge in [0.2, 0.25) is 5.91 Å². The first-order valence-electron chi connectivity index (χ1n) is 6.13. The molecule has 0 aromatic heterocycles. The summed E-state index contributed by atoms with van der Waals surface area (Å²) in [5, 5.41) is 3.64. The molecule has 19 heavy (non-hydrogen) atoms. The number of primary amides is 1. The molecule has 1 aromatic rings. The van der Waals surface area contributed by atoms with Crippen LogP contribution in [0.1, 0.15) is 12.8 Å². The maximum absolute atomic E-state index is 11.3. The number of likely N-dealkylation sites (tertiary alicyclic amines) is 1. The number of ether oxygens (including phenoxy) is 1. The Labute approximate surface area is 117 Å². The van der Waals surface area contributed by atoms with Crippen molar-refractivity contribution < 1.29 is 9.53 Å². The molecule has 0 aliphatic carbocycles. The molecule has 0 saturated carbocycles. The van der Waals surface area contributed by atoms with Crippen molar-refractivity contribution in [1.29, 1.82) is 0 Å². The van der Waals surface area contributed by atoms with E-state index in [2.05, 4.69) is 5.32 Å². The molecule has 1 aliphatic heterocycles. The minimum absolute atomic E-state index is 0.300. The Morgan fingerprint density at radius 2 is 2.37 bits per heavy atom. The van der Waals surface area contributed by atoms with Gasteiger partial charge in [-0.3, -0.25) is 4.79 Å². The summed E-state index contributed by atoms with van der Waals surface area (Å²) in [6.07, 6.45) is 1.68. The van der Waals surface area contributed by atoms with E-state index >= 15 is 0 Å². The zero-order chi connectivity index (χ0) is 13.8. The van der Waals surface area contributed by atoms with Gasteiger partial charge in [0, 0.05) is 18.3 Å². The van der Waals surface area contributed by atoms with Gasteiger partial charge in [-0.1, -0.05) is 6.07 Å². The fourth-order valence-electron chi connectivity index (χ4n) is 2.20. The van der Waals surface area contributed by atoms with Crippen molar-refractivity contribution in [2.45, 2.75) is 18.9 Å². The standard InChI is InChI=1S/C13H17N3O2S/c1-18-10-5-2-4-9(8-10)15-13(19)16-7-3-6-11(16)12(14)17/h2,4-5,8,11H,3,6-7H2,1H3,(H2,14,17)(H,15,19)/t11-/m0/s1. The first kappa shape index (κ1) is 13.6. The lowest BCUT2D eigenvalue weighted by atomic mass is 10.2. The van der Waals surface area contributed by atoms with Crippen molar-refractivity contribution in [2.24, 2.45) is 5.73 Å². The predicted molar refractivity (Wildman–Crippen MR) is 78.1 cm³/mol. The van der Waals surface area contributed by atoms with Crippen LogP contribution >= 0.6 is 12.2 Å². The van der Waals surface area contributed by atoms with Gasteiger partial charge >= 0.3 is 0 Å². The van der Waals surface area contributed by atoms with Crippen molar-refractivity contribution in [3.8, 4) is 5.75 Å². The van der Waals surface area contributed by atoms with E-state index in [1.807, 2.05) is 29.2 Å². The second-order valence-electron chi connectivity index (χ2n) is 4.42. The normalized spacial score (nSPS) is 18.2. The zero-order valence-electron chi connectivity index (χ0n) is 10.8. The Morgan fingerprint density at radius 1 is 1.58 bits per heavy atom. The van der Waals surface area contributed by atoms with Crippen molar-refractivity contribution in [3.63, 3.8) is 0 Å². The minimum Gasteiger partial charge on any atom is -0.497 e. The molecule has 5 nitrogen and oxygen atoms in total. The third-order valence-electron chi connectivity index (χ3n) is 3.16. The van der Waals surface area contributed by atoms with Gasteiger partial charge in [-0.15, -0.1) is 0 Å². The molecule has 102 valence electrons. The highest BCUT2D eigenvalue weighted by molar-refractivity contribution is 7.80. The lowest BCUT2D eigenvalue weighted by Crippen LogP contribution is -2.45. The number of hydrogen-bond acceptors (Lipinski definition) is 3. The van der Waals surface area contributed by atoms with Crippen LogP contribution in [-0.4, -0.2) is 35.6 Å². The number of hydrogen-bond donors (Lipinski definition) is 2. The Kier molecular flexibility index (Phi) is 4.21. The maximum atomic E-state index is 11.3. The Hall–Kier alpha value is -1.82. The summed E-state index contributed by atoms with van der Waals surface area (Å²) < 4.78 is 5.15. The second kappa shape index (κ2) is 5.88. The molecule has 0 radical (unpaired) electrons. The minimum atomic E-state index is -0.327. The van der Waals surface area contributed by atoms with Gasteiger partial charge in [0.25, 0.3) is 0 Å². The van der Waals surface area contributed by atoms with Gasteiger partial charge in [-0.2, -0.15) is 0 Å². The van der Waals surface area contributed by atoms with E-state index in [4.69, 9.17) is 22.7 Å². The first-order chi connectivity index (χ1) is 9.11. The fourth-order valence-corrected chi connectivity index (χ4v) is 2.54. The Bertz CT molecular complexity index is 493. The highest BCUT2D eigenvalue weighted by Gasteiger charge is 2.30. The van der Waals surface area contributed by atoms with Gasteiger partial charge in [0.1, 0.15) is 11.8 Å². The van der Waals surface area contributed by atoms with E-state index < -0.39 is 0 Å². The summed E-state index contributed by atoms with van der Waals surface area (Å²) in [5.74, 6) is 0.424. The summed E-state index contributed by atoms with van der Waals surface area (Å²) in [7, 11) is 1.61. The third kappa shape index (κ3) is 3.14. The predicted octanol–water partition coefficient (Wildman–Crippen LogP) is 1.34. The van der Waals surface area contributed by atoms with Crippen LogP contribution in [0.3, 0.4) is 0 Å². The van der Waals surface area contributed by atoms with E-state index in [0.29, 0.717) is 5.11 Å². The van der Waals surface area contributed by atoms with E-state index in [9.17, 15) is 4.79 Å². The van der Waals surface area contributed by atoms with Crippen molar-refractivity contribution in [3.05, 3.63) is 24.3 Å². The van der Waals surface area contributed by atoms with Crippen LogP contribution in [0, 0.1) is 0 Å². The van der Waals surface area contributed by atoms with E-state index in [0.717, 1.165) is 30.8 Å². The van der Waals surface area contributed by atoms with E-state index in [-0.39, 0.29) is 11.9 Å². The summed E-state index contributed by atoms with van der Waals surface area (Å²) in [4.78, 5) is 13.2. The molecule has 1 atom stereocenters. The molecular formula is C13H17N3O2S. The number of rotatable bonds is 3. The number of methoxy groups -OCH3 is 1. The summed E-state index contributed by atoms with van der Waals surface area (Å²) in [6.45, 7) is 0.753. The Morgan fingerprint density at radius 3 is 3.05 bits per heavy atom. The quantitative estimate of drug-likeness (QED) is 0.817. The lowest BCUT2D eigenvalue weighted by molar-refractivity contribution is -0.121. The topological polar surface area (TPSA) is 67.6 Å². The first-order valence-corrected chi connectivity index (χ1v) is 6.53. The van der Waals surface area contributed by atoms with Crippen molar-refractivity contribution in [2.75, 3.05) is 19.0 Å². The average Bonchev–Trinajstić information content (AvgIpc) is 2.88. The molecule has 1 fully saturated rings. The molecule has 0 spiro atoms. The van der Waals surface area contributed by atoms with Gasteiger partial charge in [0.05, 0.1) is 7.11 Å². The fraction of sp³-hybridized carbons (Fsp3) is 0.385. The molecule has 0 bridgehead atoms. The Balaban J connectivity index is 2.06. The number of thiocarbonyl (C=S) groups is 1. The van der Waals surface area contributed by atoms with E-state index in [1.165, 1.54) is 0 Å². The van der Waals surface area contributed by atoms with Crippen LogP contribution < -0.4 is 15.8 Å². The average molecular weight is 279 g/mol. The highest BCUT2D eigenvalue weighted by atomic mass is 32.1. The van der Waals surface area contributed by atoms with Crippen LogP contribution in [0.5, 0.6) is 5.75 Å². The maximum Gasteiger partial charge on any atom is 0.240 e. The van der Waals surface area contributed by atoms with Crippen LogP contribution in [0.15, 0.2) is 24.3 Å². The number of benzene rings is 1. The van der Waals surface area contributed by atoms with Gasteiger partial charge < -0.3 is 20.7 Å². The number of carbonyl (C=O) groups excluding carboxylic acids is 1. The molecule has 1 saturated heterocycles. The molecule has 1 amide bonds. The van der Waals surface area contributed by atoms with Crippen LogP contribution in [0.4, 0.5) is 5.69 Å². The number of anilines is 1. The molecule has 2 rings (SSSR count). The number of nitrogens with two attached hydrogens (primary N) is 1. The van der Waals surface area contributed by atoms with Crippen LogP contribution in [-0.2, 0) is 4.79 Å². The second-order valence-corrected chi connectivity index (χ2v) is 4.80. The van der Waals surface area contributed by atoms with Crippen LogP contribution in [0.25, 0.3) is 0 Å². The molecule has 1 aliphatic rings. The molecule has 6 heteroatoms. The summed E-state index contributed by atoms with van der Waals surface area (Å²) >= 11 is 5.34. The largest absolute Gasteiger partial charge is 0.497 e. The van der Waals surface area contributed by atoms with Crippen molar-refractivity contribution in [1.82, 2.24) is 4.90 Å². The SMILES string of the molecule is COc1cccc(NC(=S)N2CCC[C@H]2C(N)=O)c1. The van der Waals surface area contributed by atoms with Gasteiger partial charge in [0.15, 0.2) is 5.11 Å². The molecule has 3 N–H and O–H groups in total. The third-order valence-corrected chi connectivity index (χ3v) is 3.50. The lowest BCUT2D eigenvalue weighted by Gasteiger charge is -2.25. The van der Waals surface area contributed by atoms with Crippen molar-refractivity contribution >= 4 is 28.9 Å². The smallest absolute Gasteiger partial charge is 0.240 e. The number of nitrogens with one attached hydrogen (secondary N) is 1. The number of amides is 1. The van der Waals surface area contributed by atoms with E-state index in [1.54, 1.807) is 7.11 Å². The number of nitrogens with zero attached hydrogens (tertiary/aromatic N) is 1. The zero-order valence-corrected chi connectivity index (χ0v) is 11.6.